The van der Waals surface area contributed by atoms with E-state index >= 15 is 0 Å². The summed E-state index contributed by atoms with van der Waals surface area (Å²) in [6, 6.07) is 16.0. The number of halogens is 1. The quantitative estimate of drug-likeness (QED) is 0.648. The summed E-state index contributed by atoms with van der Waals surface area (Å²) in [7, 11) is 0. The van der Waals surface area contributed by atoms with E-state index in [-0.39, 0.29) is 5.91 Å². The maximum absolute atomic E-state index is 12.9. The first-order valence-corrected chi connectivity index (χ1v) is 10.7. The first-order chi connectivity index (χ1) is 14.7. The first-order valence-electron chi connectivity index (χ1n) is 10.3. The Morgan fingerprint density at radius 1 is 1.00 bits per heavy atom. The summed E-state index contributed by atoms with van der Waals surface area (Å²) >= 11 is 6.16. The topological polar surface area (TPSA) is 44.6 Å². The van der Waals surface area contributed by atoms with Gasteiger partial charge in [-0.1, -0.05) is 35.9 Å². The molecule has 1 fully saturated rings. The molecule has 1 amide bonds. The standard InChI is InChI=1S/C23H24ClN5O/c24-19-5-3-6-20(16-19)28-11-9-25-23(28)27-14-12-26(13-15-27)17-22(30)29-10-8-18-4-1-2-7-21(18)29/h1-7,9,11,16H,8,10,12-15,17H2. The van der Waals surface area contributed by atoms with Crippen molar-refractivity contribution in [2.75, 3.05) is 49.1 Å². The Balaban J connectivity index is 1.22. The maximum Gasteiger partial charge on any atom is 0.241 e. The summed E-state index contributed by atoms with van der Waals surface area (Å²) in [6.07, 6.45) is 4.72. The minimum Gasteiger partial charge on any atom is -0.339 e. The number of fused-ring (bicyclic) bond motifs is 1. The van der Waals surface area contributed by atoms with E-state index in [0.29, 0.717) is 11.6 Å². The first kappa shape index (κ1) is 19.2. The van der Waals surface area contributed by atoms with E-state index < -0.39 is 0 Å². The van der Waals surface area contributed by atoms with Crippen molar-refractivity contribution in [3.8, 4) is 5.69 Å². The van der Waals surface area contributed by atoms with Crippen LogP contribution in [0, 0.1) is 0 Å². The molecule has 0 N–H and O–H groups in total. The number of carbonyl (C=O) groups is 1. The fourth-order valence-electron chi connectivity index (χ4n) is 4.34. The molecule has 2 aromatic carbocycles. The molecule has 7 heteroatoms. The maximum atomic E-state index is 12.9. The van der Waals surface area contributed by atoms with Crippen LogP contribution in [0.15, 0.2) is 60.9 Å². The average molecular weight is 422 g/mol. The van der Waals surface area contributed by atoms with Gasteiger partial charge in [0.2, 0.25) is 11.9 Å². The number of amides is 1. The molecule has 0 aliphatic carbocycles. The van der Waals surface area contributed by atoms with Crippen molar-refractivity contribution in [1.82, 2.24) is 14.5 Å². The van der Waals surface area contributed by atoms with Crippen LogP contribution in [0.2, 0.25) is 5.02 Å². The lowest BCUT2D eigenvalue weighted by atomic mass is 10.2. The molecule has 1 saturated heterocycles. The zero-order valence-electron chi connectivity index (χ0n) is 16.7. The lowest BCUT2D eigenvalue weighted by Crippen LogP contribution is -2.50. The fraction of sp³-hybridized carbons (Fsp3) is 0.304. The van der Waals surface area contributed by atoms with Crippen LogP contribution in [0.25, 0.3) is 5.69 Å². The third-order valence-corrected chi connectivity index (χ3v) is 6.14. The van der Waals surface area contributed by atoms with Crippen molar-refractivity contribution in [1.29, 1.82) is 0 Å². The van der Waals surface area contributed by atoms with Crippen molar-refractivity contribution in [3.05, 3.63) is 71.5 Å². The van der Waals surface area contributed by atoms with Crippen LogP contribution in [0.3, 0.4) is 0 Å². The number of rotatable bonds is 4. The van der Waals surface area contributed by atoms with Crippen LogP contribution in [-0.4, -0.2) is 59.6 Å². The van der Waals surface area contributed by atoms with E-state index in [1.54, 1.807) is 0 Å². The van der Waals surface area contributed by atoms with Crippen molar-refractivity contribution in [2.45, 2.75) is 6.42 Å². The van der Waals surface area contributed by atoms with Crippen LogP contribution in [0.4, 0.5) is 11.6 Å². The van der Waals surface area contributed by atoms with Gasteiger partial charge in [-0.15, -0.1) is 0 Å². The van der Waals surface area contributed by atoms with Crippen LogP contribution in [-0.2, 0) is 11.2 Å². The molecule has 2 aliphatic heterocycles. The van der Waals surface area contributed by atoms with Gasteiger partial charge in [0.25, 0.3) is 0 Å². The summed E-state index contributed by atoms with van der Waals surface area (Å²) in [4.78, 5) is 23.9. The molecule has 30 heavy (non-hydrogen) atoms. The van der Waals surface area contributed by atoms with Crippen molar-refractivity contribution >= 4 is 29.1 Å². The minimum atomic E-state index is 0.189. The van der Waals surface area contributed by atoms with Gasteiger partial charge in [-0.05, 0) is 36.2 Å². The molecule has 0 radical (unpaired) electrons. The third-order valence-electron chi connectivity index (χ3n) is 5.91. The molecule has 5 rings (SSSR count). The predicted molar refractivity (Wildman–Crippen MR) is 120 cm³/mol. The van der Waals surface area contributed by atoms with Crippen LogP contribution >= 0.6 is 11.6 Å². The molecule has 3 heterocycles. The lowest BCUT2D eigenvalue weighted by Gasteiger charge is -2.35. The number of benzene rings is 2. The molecule has 0 bridgehead atoms. The highest BCUT2D eigenvalue weighted by molar-refractivity contribution is 6.30. The molecule has 0 spiro atoms. The SMILES string of the molecule is O=C(CN1CCN(c2nccn2-c2cccc(Cl)c2)CC1)N1CCc2ccccc21. The van der Waals surface area contributed by atoms with Crippen molar-refractivity contribution in [3.63, 3.8) is 0 Å². The van der Waals surface area contributed by atoms with E-state index in [2.05, 4.69) is 25.4 Å². The second-order valence-electron chi connectivity index (χ2n) is 7.76. The number of piperazine rings is 1. The normalized spacial score (nSPS) is 16.7. The lowest BCUT2D eigenvalue weighted by molar-refractivity contribution is -0.119. The van der Waals surface area contributed by atoms with Crippen molar-refractivity contribution < 1.29 is 4.79 Å². The summed E-state index contributed by atoms with van der Waals surface area (Å²) in [5.74, 6) is 1.10. The third kappa shape index (κ3) is 3.68. The highest BCUT2D eigenvalue weighted by Gasteiger charge is 2.27. The van der Waals surface area contributed by atoms with Crippen LogP contribution < -0.4 is 9.80 Å². The van der Waals surface area contributed by atoms with Gasteiger partial charge in [0.1, 0.15) is 0 Å². The second kappa shape index (κ2) is 8.13. The van der Waals surface area contributed by atoms with Crippen LogP contribution in [0.1, 0.15) is 5.56 Å². The van der Waals surface area contributed by atoms with Gasteiger partial charge in [-0.3, -0.25) is 14.3 Å². The Bertz CT molecular complexity index is 1060. The Morgan fingerprint density at radius 2 is 1.83 bits per heavy atom. The van der Waals surface area contributed by atoms with Gasteiger partial charge >= 0.3 is 0 Å². The molecular weight excluding hydrogens is 398 g/mol. The molecule has 6 nitrogen and oxygen atoms in total. The second-order valence-corrected chi connectivity index (χ2v) is 8.20. The number of aromatic nitrogens is 2. The Hall–Kier alpha value is -2.83. The predicted octanol–water partition coefficient (Wildman–Crippen LogP) is 3.24. The molecule has 1 aromatic heterocycles. The highest BCUT2D eigenvalue weighted by atomic mass is 35.5. The monoisotopic (exact) mass is 421 g/mol. The number of para-hydroxylation sites is 1. The molecule has 3 aromatic rings. The molecule has 154 valence electrons. The van der Waals surface area contributed by atoms with Gasteiger partial charge in [0, 0.05) is 61.5 Å². The van der Waals surface area contributed by atoms with Gasteiger partial charge < -0.3 is 9.80 Å². The summed E-state index contributed by atoms with van der Waals surface area (Å²) in [5.41, 5.74) is 3.34. The smallest absolute Gasteiger partial charge is 0.241 e. The molecular formula is C23H24ClN5O. The van der Waals surface area contributed by atoms with Crippen molar-refractivity contribution in [2.24, 2.45) is 0 Å². The Morgan fingerprint density at radius 3 is 2.67 bits per heavy atom. The number of hydrogen-bond acceptors (Lipinski definition) is 4. The van der Waals surface area contributed by atoms with E-state index in [9.17, 15) is 4.79 Å². The number of imidazole rings is 1. The minimum absolute atomic E-state index is 0.189. The summed E-state index contributed by atoms with van der Waals surface area (Å²) < 4.78 is 2.06. The number of anilines is 2. The van der Waals surface area contributed by atoms with E-state index in [4.69, 9.17) is 11.6 Å². The average Bonchev–Trinajstić information content (AvgIpc) is 3.42. The Kier molecular flexibility index (Phi) is 5.19. The number of carbonyl (C=O) groups excluding carboxylic acids is 1. The zero-order chi connectivity index (χ0) is 20.5. The molecule has 0 unspecified atom stereocenters. The van der Waals surface area contributed by atoms with Gasteiger partial charge in [0.15, 0.2) is 0 Å². The summed E-state index contributed by atoms with van der Waals surface area (Å²) in [6.45, 7) is 4.59. The zero-order valence-corrected chi connectivity index (χ0v) is 17.5. The summed E-state index contributed by atoms with van der Waals surface area (Å²) in [5, 5.41) is 0.707. The van der Waals surface area contributed by atoms with E-state index in [1.807, 2.05) is 59.8 Å². The molecule has 0 atom stereocenters. The molecule has 2 aliphatic rings. The van der Waals surface area contributed by atoms with Crippen LogP contribution in [0.5, 0.6) is 0 Å². The number of hydrogen-bond donors (Lipinski definition) is 0. The van der Waals surface area contributed by atoms with Gasteiger partial charge in [-0.2, -0.15) is 0 Å². The van der Waals surface area contributed by atoms with E-state index in [1.165, 1.54) is 5.56 Å². The van der Waals surface area contributed by atoms with Gasteiger partial charge in [-0.25, -0.2) is 4.98 Å². The highest BCUT2D eigenvalue weighted by Crippen LogP contribution is 2.28. The van der Waals surface area contributed by atoms with E-state index in [0.717, 1.165) is 56.5 Å². The Labute approximate surface area is 181 Å². The number of nitrogens with zero attached hydrogens (tertiary/aromatic N) is 5. The fourth-order valence-corrected chi connectivity index (χ4v) is 4.52. The largest absolute Gasteiger partial charge is 0.339 e. The van der Waals surface area contributed by atoms with Gasteiger partial charge in [0.05, 0.1) is 6.54 Å². The molecule has 0 saturated carbocycles.